The molecule has 4 nitrogen and oxygen atoms in total. The second kappa shape index (κ2) is 28.2. The molecule has 0 amide bonds. The number of rotatable bonds is 2. The Bertz CT molecular complexity index is 3060. The molecule has 4 heterocycles. The average Bonchev–Trinajstić information content (AvgIpc) is 3.95. The average molecular weight is 909 g/mol. The zero-order chi connectivity index (χ0) is 50.5. The molecule has 0 spiro atoms. The fraction of sp³-hybridized carbons (Fsp3) is 0.312. The van der Waals surface area contributed by atoms with E-state index in [4.69, 9.17) is 0 Å². The molecule has 0 aliphatic heterocycles. The van der Waals surface area contributed by atoms with Gasteiger partial charge in [0.05, 0.1) is 33.1 Å². The molecule has 0 aliphatic carbocycles. The van der Waals surface area contributed by atoms with Crippen molar-refractivity contribution < 1.29 is 0 Å². The van der Waals surface area contributed by atoms with Crippen LogP contribution in [-0.2, 0) is 0 Å². The zero-order valence-electron chi connectivity index (χ0n) is 45.2. The number of benzene rings is 8. The van der Waals surface area contributed by atoms with Crippen molar-refractivity contribution in [2.45, 2.75) is 96.9 Å². The van der Waals surface area contributed by atoms with Crippen molar-refractivity contribution in [2.24, 2.45) is 0 Å². The van der Waals surface area contributed by atoms with Gasteiger partial charge < -0.3 is 18.6 Å². The number of para-hydroxylation sites is 4. The minimum atomic E-state index is 1.14. The van der Waals surface area contributed by atoms with E-state index in [9.17, 15) is 0 Å². The van der Waals surface area contributed by atoms with Gasteiger partial charge in [-0.3, -0.25) is 0 Å². The van der Waals surface area contributed by atoms with Gasteiger partial charge in [-0.15, -0.1) is 0 Å². The van der Waals surface area contributed by atoms with Gasteiger partial charge in [0, 0.05) is 43.1 Å². The molecule has 0 saturated carbocycles. The smallest absolute Gasteiger partial charge is 0.0619 e. The molecule has 4 heteroatoms. The summed E-state index contributed by atoms with van der Waals surface area (Å²) in [7, 11) is 8.22. The SMILES string of the molecule is CC.CC.CC.CC.CC.CC.CCN(C)C.CCN(C)C.c1cc2cccc3c2c(c1)c1cccc2c4ccccc4n3c12.c1cc2cccc3c2c(c1)c1cccc2c4ccccc4n3c12. The van der Waals surface area contributed by atoms with E-state index in [0.717, 1.165) is 13.1 Å². The summed E-state index contributed by atoms with van der Waals surface area (Å²) in [6, 6.07) is 57.3. The van der Waals surface area contributed by atoms with Crippen molar-refractivity contribution in [3.05, 3.63) is 158 Å². The van der Waals surface area contributed by atoms with E-state index in [0.29, 0.717) is 0 Å². The second-order valence-electron chi connectivity index (χ2n) is 15.3. The molecule has 68 heavy (non-hydrogen) atoms. The van der Waals surface area contributed by atoms with Gasteiger partial charge in [-0.25, -0.2) is 0 Å². The lowest BCUT2D eigenvalue weighted by Gasteiger charge is -2.12. The molecule has 0 bridgehead atoms. The summed E-state index contributed by atoms with van der Waals surface area (Å²) >= 11 is 0. The van der Waals surface area contributed by atoms with Crippen LogP contribution in [0.4, 0.5) is 0 Å². The first-order valence-electron chi connectivity index (χ1n) is 25.8. The summed E-state index contributed by atoms with van der Waals surface area (Å²) in [6.45, 7) is 30.5. The standard InChI is InChI=1S/2C22H13N.2C4H11N.6C2H6/c2*1-2-12-19-15(8-1)17-10-5-11-18-16-9-3-6-14-7-4-13-20(21(14)16)23(19)22(17)18;2*1-4-5(2)3;6*1-2/h2*1-13H;2*4H2,1-3H3;6*1-2H3. The van der Waals surface area contributed by atoms with Crippen LogP contribution in [0.15, 0.2) is 158 Å². The van der Waals surface area contributed by atoms with E-state index in [1.165, 1.54) is 97.7 Å². The van der Waals surface area contributed by atoms with Crippen molar-refractivity contribution >= 4 is 97.7 Å². The summed E-state index contributed by atoms with van der Waals surface area (Å²) < 4.78 is 4.88. The van der Waals surface area contributed by atoms with Crippen molar-refractivity contribution in [1.82, 2.24) is 18.6 Å². The van der Waals surface area contributed by atoms with Gasteiger partial charge in [0.2, 0.25) is 0 Å². The van der Waals surface area contributed by atoms with Crippen LogP contribution in [0.5, 0.6) is 0 Å². The maximum Gasteiger partial charge on any atom is 0.0619 e. The van der Waals surface area contributed by atoms with Gasteiger partial charge in [0.15, 0.2) is 0 Å². The highest BCUT2D eigenvalue weighted by Gasteiger charge is 2.18. The van der Waals surface area contributed by atoms with Gasteiger partial charge in [0.25, 0.3) is 0 Å². The third kappa shape index (κ3) is 11.2. The summed E-state index contributed by atoms with van der Waals surface area (Å²) in [5.74, 6) is 0. The fourth-order valence-corrected chi connectivity index (χ4v) is 8.44. The minimum Gasteiger partial charge on any atom is -0.310 e. The Hall–Kier alpha value is -6.20. The monoisotopic (exact) mass is 909 g/mol. The predicted octanol–water partition coefficient (Wildman–Crippen LogP) is 19.3. The Kier molecular flexibility index (Phi) is 23.3. The molecular weight excluding hydrogens is 825 g/mol. The summed E-state index contributed by atoms with van der Waals surface area (Å²) in [5, 5.41) is 16.0. The lowest BCUT2D eigenvalue weighted by atomic mass is 9.99. The van der Waals surface area contributed by atoms with Gasteiger partial charge in [0.1, 0.15) is 0 Å². The number of aromatic nitrogens is 2. The van der Waals surface area contributed by atoms with E-state index in [-0.39, 0.29) is 0 Å². The van der Waals surface area contributed by atoms with Crippen molar-refractivity contribution in [3.63, 3.8) is 0 Å². The number of fused-ring (bicyclic) bond motifs is 10. The maximum atomic E-state index is 2.44. The van der Waals surface area contributed by atoms with Gasteiger partial charge >= 0.3 is 0 Å². The summed E-state index contributed by atoms with van der Waals surface area (Å²) in [6.07, 6.45) is 0. The van der Waals surface area contributed by atoms with Crippen molar-refractivity contribution in [3.8, 4) is 0 Å². The molecule has 8 aromatic carbocycles. The maximum absolute atomic E-state index is 2.44. The van der Waals surface area contributed by atoms with Gasteiger partial charge in [-0.2, -0.15) is 0 Å². The van der Waals surface area contributed by atoms with Crippen LogP contribution in [0.25, 0.3) is 97.7 Å². The molecule has 0 unspecified atom stereocenters. The van der Waals surface area contributed by atoms with Crippen LogP contribution >= 0.6 is 0 Å². The third-order valence-electron chi connectivity index (χ3n) is 11.5. The quantitative estimate of drug-likeness (QED) is 0.127. The van der Waals surface area contributed by atoms with Gasteiger partial charge in [-0.1, -0.05) is 230 Å². The Morgan fingerprint density at radius 1 is 0.279 bits per heavy atom. The molecule has 0 fully saturated rings. The third-order valence-corrected chi connectivity index (χ3v) is 11.5. The van der Waals surface area contributed by atoms with Crippen LogP contribution in [-0.4, -0.2) is 59.9 Å². The molecule has 0 aliphatic rings. The van der Waals surface area contributed by atoms with Crippen LogP contribution in [0.1, 0.15) is 96.9 Å². The Morgan fingerprint density at radius 3 is 0.809 bits per heavy atom. The number of hydrogen-bond acceptors (Lipinski definition) is 2. The van der Waals surface area contributed by atoms with E-state index < -0.39 is 0 Å². The molecule has 0 radical (unpaired) electrons. The molecule has 0 N–H and O–H groups in total. The Balaban J connectivity index is 0.000000256. The first kappa shape index (κ1) is 56.1. The fourth-order valence-electron chi connectivity index (χ4n) is 8.44. The predicted molar refractivity (Wildman–Crippen MR) is 314 cm³/mol. The lowest BCUT2D eigenvalue weighted by molar-refractivity contribution is 0.434. The summed E-state index contributed by atoms with van der Waals surface area (Å²) in [5.41, 5.74) is 7.83. The van der Waals surface area contributed by atoms with E-state index >= 15 is 0 Å². The zero-order valence-corrected chi connectivity index (χ0v) is 45.2. The largest absolute Gasteiger partial charge is 0.310 e. The molecule has 4 aromatic heterocycles. The number of nitrogens with zero attached hydrogens (tertiary/aromatic N) is 4. The first-order chi connectivity index (χ1) is 33.4. The van der Waals surface area contributed by atoms with Crippen molar-refractivity contribution in [2.75, 3.05) is 41.3 Å². The molecule has 0 saturated heterocycles. The molecular formula is C64H84N4. The highest BCUT2D eigenvalue weighted by atomic mass is 15.0. The lowest BCUT2D eigenvalue weighted by Crippen LogP contribution is -2.08. The highest BCUT2D eigenvalue weighted by Crippen LogP contribution is 2.41. The number of hydrogen-bond donors (Lipinski definition) is 0. The van der Waals surface area contributed by atoms with E-state index in [1.54, 1.807) is 0 Å². The minimum absolute atomic E-state index is 1.14. The Morgan fingerprint density at radius 2 is 0.500 bits per heavy atom. The molecule has 12 aromatic rings. The van der Waals surface area contributed by atoms with Gasteiger partial charge in [-0.05, 0) is 87.1 Å². The number of pyridine rings is 2. The highest BCUT2D eigenvalue weighted by molar-refractivity contribution is 6.28. The molecule has 0 atom stereocenters. The summed E-state index contributed by atoms with van der Waals surface area (Å²) in [4.78, 5) is 4.25. The van der Waals surface area contributed by atoms with Crippen LogP contribution in [0.3, 0.4) is 0 Å². The van der Waals surface area contributed by atoms with E-state index in [2.05, 4.69) is 218 Å². The molecule has 12 rings (SSSR count). The topological polar surface area (TPSA) is 15.3 Å². The van der Waals surface area contributed by atoms with Crippen LogP contribution < -0.4 is 0 Å². The first-order valence-corrected chi connectivity index (χ1v) is 25.8. The Labute approximate surface area is 410 Å². The molecule has 360 valence electrons. The van der Waals surface area contributed by atoms with Crippen LogP contribution in [0.2, 0.25) is 0 Å². The van der Waals surface area contributed by atoms with E-state index in [1.807, 2.05) is 83.1 Å². The normalized spacial score (nSPS) is 10.3. The van der Waals surface area contributed by atoms with Crippen LogP contribution in [0, 0.1) is 0 Å². The van der Waals surface area contributed by atoms with Crippen molar-refractivity contribution in [1.29, 1.82) is 0 Å². The second-order valence-corrected chi connectivity index (χ2v) is 15.3.